The Bertz CT molecular complexity index is 609. The van der Waals surface area contributed by atoms with E-state index < -0.39 is 0 Å². The van der Waals surface area contributed by atoms with E-state index in [1.165, 1.54) is 12.1 Å². The van der Waals surface area contributed by atoms with E-state index in [0.717, 1.165) is 11.3 Å². The topological polar surface area (TPSA) is 24.4 Å². The summed E-state index contributed by atoms with van der Waals surface area (Å²) in [5, 5.41) is 5.19. The van der Waals surface area contributed by atoms with Gasteiger partial charge in [-0.1, -0.05) is 29.3 Å². The zero-order chi connectivity index (χ0) is 13.8. The Hall–Kier alpha value is -1.58. The molecule has 0 heterocycles. The second-order valence-corrected chi connectivity index (χ2v) is 4.76. The van der Waals surface area contributed by atoms with Crippen LogP contribution in [0.5, 0.6) is 0 Å². The van der Waals surface area contributed by atoms with Crippen molar-refractivity contribution in [2.45, 2.75) is 6.92 Å². The Kier molecular flexibility index (Phi) is 4.40. The minimum absolute atomic E-state index is 0.282. The summed E-state index contributed by atoms with van der Waals surface area (Å²) in [5.74, 6) is -0.282. The molecule has 0 saturated heterocycles. The third-order valence-electron chi connectivity index (χ3n) is 2.53. The van der Waals surface area contributed by atoms with Crippen molar-refractivity contribution >= 4 is 34.6 Å². The maximum absolute atomic E-state index is 12.7. The van der Waals surface area contributed by atoms with Crippen LogP contribution >= 0.6 is 23.2 Å². The summed E-state index contributed by atoms with van der Waals surface area (Å²) >= 11 is 11.8. The molecule has 0 aliphatic carbocycles. The van der Waals surface area contributed by atoms with Gasteiger partial charge >= 0.3 is 0 Å². The minimum Gasteiger partial charge on any atom is -0.278 e. The molecule has 2 aromatic carbocycles. The number of halogens is 3. The molecular weight excluding hydrogens is 286 g/mol. The van der Waals surface area contributed by atoms with Crippen LogP contribution in [0.2, 0.25) is 10.0 Å². The highest BCUT2D eigenvalue weighted by atomic mass is 35.5. The zero-order valence-corrected chi connectivity index (χ0v) is 11.6. The predicted molar refractivity (Wildman–Crippen MR) is 78.7 cm³/mol. The number of anilines is 1. The average molecular weight is 297 g/mol. The smallest absolute Gasteiger partial charge is 0.123 e. The van der Waals surface area contributed by atoms with Gasteiger partial charge in [0.2, 0.25) is 0 Å². The van der Waals surface area contributed by atoms with Gasteiger partial charge in [-0.3, -0.25) is 5.43 Å². The second kappa shape index (κ2) is 6.04. The fraction of sp³-hybridized carbons (Fsp3) is 0.0714. The molecule has 2 rings (SSSR count). The number of hydrogen-bond donors (Lipinski definition) is 1. The van der Waals surface area contributed by atoms with Crippen LogP contribution < -0.4 is 5.43 Å². The van der Waals surface area contributed by atoms with Gasteiger partial charge in [-0.2, -0.15) is 5.10 Å². The molecule has 0 aromatic heterocycles. The largest absolute Gasteiger partial charge is 0.278 e. The molecule has 0 fully saturated rings. The van der Waals surface area contributed by atoms with E-state index in [0.29, 0.717) is 15.7 Å². The fourth-order valence-electron chi connectivity index (χ4n) is 1.46. The SMILES string of the molecule is C/C(=N\Nc1ccc(F)cc1)c1ccc(Cl)c(Cl)c1. The predicted octanol–water partition coefficient (Wildman–Crippen LogP) is 4.97. The summed E-state index contributed by atoms with van der Waals surface area (Å²) in [6, 6.07) is 11.3. The molecule has 0 saturated carbocycles. The van der Waals surface area contributed by atoms with Crippen molar-refractivity contribution in [1.82, 2.24) is 0 Å². The van der Waals surface area contributed by atoms with Crippen molar-refractivity contribution in [2.75, 3.05) is 5.43 Å². The van der Waals surface area contributed by atoms with Gasteiger partial charge in [0.1, 0.15) is 5.82 Å². The Morgan fingerprint density at radius 2 is 1.74 bits per heavy atom. The summed E-state index contributed by atoms with van der Waals surface area (Å²) in [4.78, 5) is 0. The van der Waals surface area contributed by atoms with E-state index in [1.54, 1.807) is 24.3 Å². The van der Waals surface area contributed by atoms with Crippen LogP contribution in [-0.4, -0.2) is 5.71 Å². The lowest BCUT2D eigenvalue weighted by Gasteiger charge is -2.05. The highest BCUT2D eigenvalue weighted by Crippen LogP contribution is 2.23. The molecule has 0 aliphatic heterocycles. The molecule has 98 valence electrons. The molecule has 0 spiro atoms. The molecule has 0 aliphatic rings. The first-order valence-electron chi connectivity index (χ1n) is 5.57. The molecule has 0 atom stereocenters. The highest BCUT2D eigenvalue weighted by Gasteiger charge is 2.02. The van der Waals surface area contributed by atoms with Gasteiger partial charge in [-0.25, -0.2) is 4.39 Å². The first kappa shape index (κ1) is 13.8. The summed E-state index contributed by atoms with van der Waals surface area (Å²) in [6.45, 7) is 1.84. The maximum atomic E-state index is 12.7. The van der Waals surface area contributed by atoms with Crippen molar-refractivity contribution in [3.63, 3.8) is 0 Å². The number of nitrogens with one attached hydrogen (secondary N) is 1. The number of hydrogen-bond acceptors (Lipinski definition) is 2. The third-order valence-corrected chi connectivity index (χ3v) is 3.27. The first-order chi connectivity index (χ1) is 9.06. The van der Waals surface area contributed by atoms with Gasteiger partial charge < -0.3 is 0 Å². The lowest BCUT2D eigenvalue weighted by Crippen LogP contribution is -1.99. The van der Waals surface area contributed by atoms with Crippen molar-refractivity contribution in [2.24, 2.45) is 5.10 Å². The number of rotatable bonds is 3. The maximum Gasteiger partial charge on any atom is 0.123 e. The number of nitrogens with zero attached hydrogens (tertiary/aromatic N) is 1. The molecule has 2 aromatic rings. The van der Waals surface area contributed by atoms with Gasteiger partial charge in [-0.15, -0.1) is 0 Å². The highest BCUT2D eigenvalue weighted by molar-refractivity contribution is 6.42. The van der Waals surface area contributed by atoms with E-state index >= 15 is 0 Å². The molecule has 0 amide bonds. The monoisotopic (exact) mass is 296 g/mol. The Balaban J connectivity index is 2.14. The summed E-state index contributed by atoms with van der Waals surface area (Å²) in [6.07, 6.45) is 0. The van der Waals surface area contributed by atoms with E-state index in [2.05, 4.69) is 10.5 Å². The molecular formula is C14H11Cl2FN2. The first-order valence-corrected chi connectivity index (χ1v) is 6.33. The molecule has 0 radical (unpaired) electrons. The van der Waals surface area contributed by atoms with Crippen LogP contribution in [0.4, 0.5) is 10.1 Å². The molecule has 19 heavy (non-hydrogen) atoms. The minimum atomic E-state index is -0.282. The van der Waals surface area contributed by atoms with Gasteiger partial charge in [-0.05, 0) is 48.9 Å². The van der Waals surface area contributed by atoms with Gasteiger partial charge in [0, 0.05) is 0 Å². The van der Waals surface area contributed by atoms with E-state index in [9.17, 15) is 4.39 Å². The molecule has 5 heteroatoms. The van der Waals surface area contributed by atoms with Crippen LogP contribution in [0.3, 0.4) is 0 Å². The number of hydrazone groups is 1. The van der Waals surface area contributed by atoms with Crippen molar-refractivity contribution in [1.29, 1.82) is 0 Å². The van der Waals surface area contributed by atoms with Crippen LogP contribution in [0, 0.1) is 5.82 Å². The van der Waals surface area contributed by atoms with Crippen LogP contribution in [-0.2, 0) is 0 Å². The van der Waals surface area contributed by atoms with E-state index in [-0.39, 0.29) is 5.82 Å². The van der Waals surface area contributed by atoms with Crippen LogP contribution in [0.1, 0.15) is 12.5 Å². The van der Waals surface area contributed by atoms with Gasteiger partial charge in [0.25, 0.3) is 0 Å². The van der Waals surface area contributed by atoms with E-state index in [4.69, 9.17) is 23.2 Å². The van der Waals surface area contributed by atoms with Crippen LogP contribution in [0.25, 0.3) is 0 Å². The Morgan fingerprint density at radius 3 is 2.37 bits per heavy atom. The number of benzene rings is 2. The average Bonchev–Trinajstić information content (AvgIpc) is 2.41. The molecule has 0 bridgehead atoms. The van der Waals surface area contributed by atoms with Gasteiger partial charge in [0.15, 0.2) is 0 Å². The van der Waals surface area contributed by atoms with Crippen molar-refractivity contribution in [3.05, 3.63) is 63.9 Å². The normalized spacial score (nSPS) is 11.5. The molecule has 1 N–H and O–H groups in total. The zero-order valence-electron chi connectivity index (χ0n) is 10.1. The summed E-state index contributed by atoms with van der Waals surface area (Å²) in [5.41, 5.74) is 5.18. The lowest BCUT2D eigenvalue weighted by molar-refractivity contribution is 0.628. The van der Waals surface area contributed by atoms with Crippen molar-refractivity contribution in [3.8, 4) is 0 Å². The third kappa shape index (κ3) is 3.69. The van der Waals surface area contributed by atoms with Gasteiger partial charge in [0.05, 0.1) is 21.4 Å². The lowest BCUT2D eigenvalue weighted by atomic mass is 10.1. The van der Waals surface area contributed by atoms with E-state index in [1.807, 2.05) is 13.0 Å². The second-order valence-electron chi connectivity index (χ2n) is 3.94. The summed E-state index contributed by atoms with van der Waals surface area (Å²) in [7, 11) is 0. The fourth-order valence-corrected chi connectivity index (χ4v) is 1.76. The van der Waals surface area contributed by atoms with Crippen molar-refractivity contribution < 1.29 is 4.39 Å². The Morgan fingerprint density at radius 1 is 1.05 bits per heavy atom. The van der Waals surface area contributed by atoms with Crippen LogP contribution in [0.15, 0.2) is 47.6 Å². The molecule has 0 unspecified atom stereocenters. The standard InChI is InChI=1S/C14H11Cl2FN2/c1-9(10-2-7-13(15)14(16)8-10)18-19-12-5-3-11(17)4-6-12/h2-8,19H,1H3/b18-9+. The summed E-state index contributed by atoms with van der Waals surface area (Å²) < 4.78 is 12.7. The quantitative estimate of drug-likeness (QED) is 0.628. The molecule has 2 nitrogen and oxygen atoms in total. The Labute approximate surface area is 120 Å².